The summed E-state index contributed by atoms with van der Waals surface area (Å²) < 4.78 is 0. The van der Waals surface area contributed by atoms with Crippen LogP contribution in [0, 0.1) is 5.41 Å². The van der Waals surface area contributed by atoms with Gasteiger partial charge in [0.1, 0.15) is 17.8 Å². The van der Waals surface area contributed by atoms with Crippen molar-refractivity contribution in [3.63, 3.8) is 0 Å². The van der Waals surface area contributed by atoms with Crippen molar-refractivity contribution in [2.24, 2.45) is 27.6 Å². The summed E-state index contributed by atoms with van der Waals surface area (Å²) in [6.45, 7) is 2.87. The Morgan fingerprint density at radius 1 is 0.755 bits per heavy atom. The molecule has 13 nitrogen and oxygen atoms in total. The topological polar surface area (TPSA) is 209 Å². The quantitative estimate of drug-likeness (QED) is 0.0734. The number of aliphatic imine (C=N–C) groups is 1. The van der Waals surface area contributed by atoms with Gasteiger partial charge in [0.25, 0.3) is 0 Å². The third-order valence-corrected chi connectivity index (χ3v) is 10.4. The lowest BCUT2D eigenvalue weighted by Gasteiger charge is -2.41. The molecule has 3 aromatic rings. The molecule has 0 aromatic heterocycles. The van der Waals surface area contributed by atoms with Gasteiger partial charge in [0, 0.05) is 45.6 Å². The van der Waals surface area contributed by atoms with Crippen molar-refractivity contribution >= 4 is 29.6 Å². The Bertz CT molecular complexity index is 1660. The predicted molar refractivity (Wildman–Crippen MR) is 203 cm³/mol. The fourth-order valence-electron chi connectivity index (χ4n) is 7.67. The monoisotopic (exact) mass is 724 g/mol. The molecule has 4 amide bonds. The van der Waals surface area contributed by atoms with Crippen molar-refractivity contribution in [3.8, 4) is 5.75 Å². The standard InChI is InChI=1S/C40H52N8O5/c41-37(52)35(28-15-17-31(49)18-16-28)46-38(53)32(14-9-21-44-39(42)43)45-33(50)26-40(19-7-8-20-40)27-34(51)47-22-24-48(25-23-47)36(29-10-3-1-4-11-29)30-12-5-2-6-13-30/h1-6,10-13,15-18,32,35-36,49H,7-9,14,19-27H2,(H2,41,52)(H,45,50)(H,46,53)(H4,42,43,44). The molecule has 1 saturated heterocycles. The highest BCUT2D eigenvalue weighted by Crippen LogP contribution is 2.44. The van der Waals surface area contributed by atoms with Gasteiger partial charge in [-0.1, -0.05) is 85.6 Å². The van der Waals surface area contributed by atoms with E-state index in [-0.39, 0.29) is 55.4 Å². The van der Waals surface area contributed by atoms with Gasteiger partial charge in [-0.15, -0.1) is 0 Å². The van der Waals surface area contributed by atoms with Crippen molar-refractivity contribution in [3.05, 3.63) is 102 Å². The molecule has 53 heavy (non-hydrogen) atoms. The maximum Gasteiger partial charge on any atom is 0.244 e. The number of piperazine rings is 1. The number of nitrogens with one attached hydrogen (secondary N) is 2. The number of nitrogens with two attached hydrogens (primary N) is 3. The Morgan fingerprint density at radius 2 is 1.34 bits per heavy atom. The molecule has 2 fully saturated rings. The molecular weight excluding hydrogens is 672 g/mol. The van der Waals surface area contributed by atoms with Gasteiger partial charge in [0.2, 0.25) is 23.6 Å². The number of amides is 4. The number of phenolic OH excluding ortho intramolecular Hbond substituents is 1. The molecule has 1 heterocycles. The van der Waals surface area contributed by atoms with E-state index in [0.717, 1.165) is 38.8 Å². The Morgan fingerprint density at radius 3 is 1.89 bits per heavy atom. The lowest BCUT2D eigenvalue weighted by Crippen LogP contribution is -2.51. The number of carbonyl (C=O) groups excluding carboxylic acids is 4. The van der Waals surface area contributed by atoms with Crippen LogP contribution in [0.25, 0.3) is 0 Å². The molecule has 0 spiro atoms. The average Bonchev–Trinajstić information content (AvgIpc) is 3.60. The first-order chi connectivity index (χ1) is 25.5. The summed E-state index contributed by atoms with van der Waals surface area (Å²) >= 11 is 0. The highest BCUT2D eigenvalue weighted by atomic mass is 16.3. The van der Waals surface area contributed by atoms with Crippen molar-refractivity contribution < 1.29 is 24.3 Å². The van der Waals surface area contributed by atoms with Crippen molar-refractivity contribution in [2.75, 3.05) is 32.7 Å². The molecule has 0 radical (unpaired) electrons. The number of guanidine groups is 1. The fraction of sp³-hybridized carbons (Fsp3) is 0.425. The van der Waals surface area contributed by atoms with Crippen LogP contribution in [-0.4, -0.2) is 83.3 Å². The lowest BCUT2D eigenvalue weighted by atomic mass is 9.78. The number of rotatable bonds is 16. The second-order valence-corrected chi connectivity index (χ2v) is 14.2. The van der Waals surface area contributed by atoms with E-state index >= 15 is 0 Å². The van der Waals surface area contributed by atoms with Gasteiger partial charge in [-0.2, -0.15) is 0 Å². The second-order valence-electron chi connectivity index (χ2n) is 14.2. The lowest BCUT2D eigenvalue weighted by molar-refractivity contribution is -0.137. The summed E-state index contributed by atoms with van der Waals surface area (Å²) in [5.41, 5.74) is 18.9. The number of benzene rings is 3. The number of carbonyl (C=O) groups is 4. The molecule has 2 unspecified atom stereocenters. The number of hydrogen-bond acceptors (Lipinski definition) is 7. The van der Waals surface area contributed by atoms with E-state index in [9.17, 15) is 24.3 Å². The Balaban J connectivity index is 1.22. The van der Waals surface area contributed by atoms with Crippen LogP contribution < -0.4 is 27.8 Å². The number of aromatic hydroxyl groups is 1. The van der Waals surface area contributed by atoms with Gasteiger partial charge in [-0.3, -0.25) is 29.1 Å². The number of hydrogen-bond donors (Lipinski definition) is 6. The minimum Gasteiger partial charge on any atom is -0.508 e. The van der Waals surface area contributed by atoms with E-state index in [2.05, 4.69) is 69.1 Å². The number of nitrogens with zero attached hydrogens (tertiary/aromatic N) is 3. The van der Waals surface area contributed by atoms with Crippen LogP contribution in [0.1, 0.15) is 80.1 Å². The Kier molecular flexibility index (Phi) is 13.4. The molecule has 1 saturated carbocycles. The summed E-state index contributed by atoms with van der Waals surface area (Å²) in [5, 5.41) is 15.2. The zero-order chi connectivity index (χ0) is 37.8. The normalized spacial score (nSPS) is 16.7. The third kappa shape index (κ3) is 10.8. The van der Waals surface area contributed by atoms with Gasteiger partial charge in [0.15, 0.2) is 5.96 Å². The van der Waals surface area contributed by atoms with Crippen LogP contribution in [0.15, 0.2) is 89.9 Å². The van der Waals surface area contributed by atoms with Crippen LogP contribution in [-0.2, 0) is 19.2 Å². The van der Waals surface area contributed by atoms with Gasteiger partial charge < -0.3 is 37.8 Å². The predicted octanol–water partition coefficient (Wildman–Crippen LogP) is 2.85. The maximum absolute atomic E-state index is 13.9. The summed E-state index contributed by atoms with van der Waals surface area (Å²) in [7, 11) is 0. The van der Waals surface area contributed by atoms with Crippen LogP contribution >= 0.6 is 0 Å². The first-order valence-electron chi connectivity index (χ1n) is 18.4. The average molecular weight is 725 g/mol. The SMILES string of the molecule is NC(=O)C(NC(=O)C(CCCN=C(N)N)NC(=O)CC1(CC(=O)N2CCN(C(c3ccccc3)c3ccccc3)CC2)CCCC1)c1ccc(O)cc1. The molecule has 3 aromatic carbocycles. The zero-order valence-corrected chi connectivity index (χ0v) is 30.2. The molecule has 282 valence electrons. The molecule has 13 heteroatoms. The largest absolute Gasteiger partial charge is 0.508 e. The zero-order valence-electron chi connectivity index (χ0n) is 30.2. The molecule has 1 aliphatic heterocycles. The first kappa shape index (κ1) is 38.8. The highest BCUT2D eigenvalue weighted by molar-refractivity contribution is 5.92. The summed E-state index contributed by atoms with van der Waals surface area (Å²) in [6.07, 6.45) is 4.23. The van der Waals surface area contributed by atoms with Crippen molar-refractivity contribution in [2.45, 2.75) is 69.5 Å². The van der Waals surface area contributed by atoms with Crippen molar-refractivity contribution in [1.82, 2.24) is 20.4 Å². The Hall–Kier alpha value is -5.43. The molecule has 5 rings (SSSR count). The van der Waals surface area contributed by atoms with E-state index in [4.69, 9.17) is 17.2 Å². The maximum atomic E-state index is 13.9. The summed E-state index contributed by atoms with van der Waals surface area (Å²) in [6, 6.07) is 24.5. The van der Waals surface area contributed by atoms with Crippen LogP contribution in [0.3, 0.4) is 0 Å². The highest BCUT2D eigenvalue weighted by Gasteiger charge is 2.40. The summed E-state index contributed by atoms with van der Waals surface area (Å²) in [4.78, 5) is 61.9. The molecule has 0 bridgehead atoms. The van der Waals surface area contributed by atoms with E-state index in [0.29, 0.717) is 25.1 Å². The molecule has 2 aliphatic rings. The molecule has 9 N–H and O–H groups in total. The molecular formula is C40H52N8O5. The molecule has 2 atom stereocenters. The Labute approximate surface area is 311 Å². The molecule has 1 aliphatic carbocycles. The van der Waals surface area contributed by atoms with Crippen LogP contribution in [0.4, 0.5) is 0 Å². The second kappa shape index (κ2) is 18.4. The number of phenols is 1. The minimum atomic E-state index is -1.19. The fourth-order valence-corrected chi connectivity index (χ4v) is 7.67. The number of primary amides is 1. The van der Waals surface area contributed by atoms with Gasteiger partial charge in [0.05, 0.1) is 6.04 Å². The first-order valence-corrected chi connectivity index (χ1v) is 18.4. The van der Waals surface area contributed by atoms with Crippen LogP contribution in [0.2, 0.25) is 0 Å². The van der Waals surface area contributed by atoms with Gasteiger partial charge >= 0.3 is 0 Å². The van der Waals surface area contributed by atoms with E-state index in [1.54, 1.807) is 0 Å². The minimum absolute atomic E-state index is 0.00509. The van der Waals surface area contributed by atoms with Gasteiger partial charge in [-0.25, -0.2) is 0 Å². The van der Waals surface area contributed by atoms with E-state index in [1.165, 1.54) is 35.4 Å². The summed E-state index contributed by atoms with van der Waals surface area (Å²) in [5.74, 6) is -1.79. The van der Waals surface area contributed by atoms with E-state index in [1.807, 2.05) is 17.0 Å². The smallest absolute Gasteiger partial charge is 0.244 e. The van der Waals surface area contributed by atoms with Gasteiger partial charge in [-0.05, 0) is 59.9 Å². The van der Waals surface area contributed by atoms with Crippen LogP contribution in [0.5, 0.6) is 5.75 Å². The van der Waals surface area contributed by atoms with E-state index < -0.39 is 29.3 Å². The van der Waals surface area contributed by atoms with Crippen molar-refractivity contribution in [1.29, 1.82) is 0 Å². The third-order valence-electron chi connectivity index (χ3n) is 10.4.